The van der Waals surface area contributed by atoms with E-state index in [0.717, 1.165) is 12.5 Å². The van der Waals surface area contributed by atoms with Gasteiger partial charge in [-0.15, -0.1) is 0 Å². The maximum atomic E-state index is 5.74. The lowest BCUT2D eigenvalue weighted by Crippen LogP contribution is -2.38. The predicted octanol–water partition coefficient (Wildman–Crippen LogP) is 2.51. The van der Waals surface area contributed by atoms with Crippen molar-refractivity contribution >= 4 is 17.5 Å². The van der Waals surface area contributed by atoms with E-state index in [2.05, 4.69) is 21.8 Å². The van der Waals surface area contributed by atoms with Crippen LogP contribution in [0.3, 0.4) is 0 Å². The Morgan fingerprint density at radius 1 is 1.36 bits per heavy atom. The Labute approximate surface area is 89.1 Å². The van der Waals surface area contributed by atoms with Gasteiger partial charge in [0.15, 0.2) is 0 Å². The lowest BCUT2D eigenvalue weighted by atomic mass is 10.0. The SMILES string of the molecule is C[C@@H]1CCCCN1c1ncc(Cl)cn1. The van der Waals surface area contributed by atoms with Crippen LogP contribution in [0.25, 0.3) is 0 Å². The molecule has 1 atom stereocenters. The molecule has 0 N–H and O–H groups in total. The summed E-state index contributed by atoms with van der Waals surface area (Å²) in [6, 6.07) is 0.546. The van der Waals surface area contributed by atoms with E-state index < -0.39 is 0 Å². The molecule has 0 radical (unpaired) electrons. The second-order valence-electron chi connectivity index (χ2n) is 3.74. The molecular formula is C10H14ClN3. The van der Waals surface area contributed by atoms with Gasteiger partial charge < -0.3 is 4.90 Å². The molecule has 1 saturated heterocycles. The molecule has 14 heavy (non-hydrogen) atoms. The summed E-state index contributed by atoms with van der Waals surface area (Å²) < 4.78 is 0. The molecule has 0 aromatic carbocycles. The molecule has 76 valence electrons. The van der Waals surface area contributed by atoms with E-state index >= 15 is 0 Å². The monoisotopic (exact) mass is 211 g/mol. The molecule has 1 aromatic heterocycles. The molecule has 4 heteroatoms. The molecule has 0 bridgehead atoms. The van der Waals surface area contributed by atoms with Crippen LogP contribution in [0.1, 0.15) is 26.2 Å². The topological polar surface area (TPSA) is 29.0 Å². The van der Waals surface area contributed by atoms with Gasteiger partial charge in [0.25, 0.3) is 0 Å². The van der Waals surface area contributed by atoms with Gasteiger partial charge in [-0.1, -0.05) is 11.6 Å². The van der Waals surface area contributed by atoms with Crippen molar-refractivity contribution in [2.75, 3.05) is 11.4 Å². The van der Waals surface area contributed by atoms with Gasteiger partial charge in [-0.2, -0.15) is 0 Å². The molecule has 0 amide bonds. The largest absolute Gasteiger partial charge is 0.338 e. The minimum Gasteiger partial charge on any atom is -0.338 e. The highest BCUT2D eigenvalue weighted by Gasteiger charge is 2.20. The molecule has 1 aliphatic heterocycles. The normalized spacial score (nSPS) is 22.4. The summed E-state index contributed by atoms with van der Waals surface area (Å²) in [5.41, 5.74) is 0. The van der Waals surface area contributed by atoms with Crippen molar-refractivity contribution in [3.05, 3.63) is 17.4 Å². The van der Waals surface area contributed by atoms with Crippen molar-refractivity contribution in [1.29, 1.82) is 0 Å². The van der Waals surface area contributed by atoms with Crippen LogP contribution < -0.4 is 4.90 Å². The van der Waals surface area contributed by atoms with Crippen LogP contribution >= 0.6 is 11.6 Å². The first-order chi connectivity index (χ1) is 6.77. The molecule has 0 aliphatic carbocycles. The Hall–Kier alpha value is -0.830. The number of rotatable bonds is 1. The quantitative estimate of drug-likeness (QED) is 0.715. The van der Waals surface area contributed by atoms with E-state index in [1.807, 2.05) is 0 Å². The van der Waals surface area contributed by atoms with E-state index in [1.54, 1.807) is 12.4 Å². The minimum absolute atomic E-state index is 0.546. The summed E-state index contributed by atoms with van der Waals surface area (Å²) >= 11 is 5.74. The predicted molar refractivity (Wildman–Crippen MR) is 57.7 cm³/mol. The summed E-state index contributed by atoms with van der Waals surface area (Å²) in [4.78, 5) is 10.7. The Bertz CT molecular complexity index is 299. The third-order valence-corrected chi connectivity index (χ3v) is 2.86. The lowest BCUT2D eigenvalue weighted by molar-refractivity contribution is 0.477. The van der Waals surface area contributed by atoms with Crippen molar-refractivity contribution in [2.45, 2.75) is 32.2 Å². The van der Waals surface area contributed by atoms with Crippen LogP contribution in [0.2, 0.25) is 5.02 Å². The fourth-order valence-corrected chi connectivity index (χ4v) is 1.95. The number of piperidine rings is 1. The highest BCUT2D eigenvalue weighted by Crippen LogP contribution is 2.21. The molecule has 1 aromatic rings. The molecule has 0 saturated carbocycles. The van der Waals surface area contributed by atoms with E-state index in [9.17, 15) is 0 Å². The molecule has 2 heterocycles. The zero-order chi connectivity index (χ0) is 9.97. The average molecular weight is 212 g/mol. The van der Waals surface area contributed by atoms with E-state index in [1.165, 1.54) is 19.3 Å². The summed E-state index contributed by atoms with van der Waals surface area (Å²) in [7, 11) is 0. The fourth-order valence-electron chi connectivity index (χ4n) is 1.85. The van der Waals surface area contributed by atoms with Crippen LogP contribution in [-0.4, -0.2) is 22.6 Å². The van der Waals surface area contributed by atoms with Gasteiger partial charge in [0.05, 0.1) is 17.4 Å². The molecule has 0 unspecified atom stereocenters. The lowest BCUT2D eigenvalue weighted by Gasteiger charge is -2.33. The number of hydrogen-bond acceptors (Lipinski definition) is 3. The van der Waals surface area contributed by atoms with Crippen LogP contribution in [0.15, 0.2) is 12.4 Å². The first-order valence-corrected chi connectivity index (χ1v) is 5.39. The summed E-state index contributed by atoms with van der Waals surface area (Å²) in [5, 5.41) is 0.596. The number of aromatic nitrogens is 2. The van der Waals surface area contributed by atoms with Gasteiger partial charge in [0.1, 0.15) is 0 Å². The highest BCUT2D eigenvalue weighted by molar-refractivity contribution is 6.30. The average Bonchev–Trinajstić information content (AvgIpc) is 2.20. The molecule has 0 spiro atoms. The van der Waals surface area contributed by atoms with E-state index in [-0.39, 0.29) is 0 Å². The minimum atomic E-state index is 0.546. The third-order valence-electron chi connectivity index (χ3n) is 2.67. The zero-order valence-electron chi connectivity index (χ0n) is 8.28. The first kappa shape index (κ1) is 9.71. The summed E-state index contributed by atoms with van der Waals surface area (Å²) in [5.74, 6) is 0.807. The summed E-state index contributed by atoms with van der Waals surface area (Å²) in [6.07, 6.45) is 7.09. The maximum absolute atomic E-state index is 5.74. The smallest absolute Gasteiger partial charge is 0.225 e. The van der Waals surface area contributed by atoms with E-state index in [4.69, 9.17) is 11.6 Å². The van der Waals surface area contributed by atoms with Crippen molar-refractivity contribution in [3.8, 4) is 0 Å². The van der Waals surface area contributed by atoms with Gasteiger partial charge >= 0.3 is 0 Å². The standard InChI is InChI=1S/C10H14ClN3/c1-8-4-2-3-5-14(8)10-12-6-9(11)7-13-10/h6-8H,2-5H2,1H3/t8-/m1/s1. The first-order valence-electron chi connectivity index (χ1n) is 5.01. The molecule has 1 aliphatic rings. The second kappa shape index (κ2) is 4.13. The summed E-state index contributed by atoms with van der Waals surface area (Å²) in [6.45, 7) is 3.28. The van der Waals surface area contributed by atoms with Gasteiger partial charge in [-0.25, -0.2) is 9.97 Å². The zero-order valence-corrected chi connectivity index (χ0v) is 9.04. The van der Waals surface area contributed by atoms with Gasteiger partial charge in [0, 0.05) is 12.6 Å². The molecule has 1 fully saturated rings. The molecule has 2 rings (SSSR count). The number of anilines is 1. The van der Waals surface area contributed by atoms with Crippen molar-refractivity contribution in [1.82, 2.24) is 9.97 Å². The van der Waals surface area contributed by atoms with Crippen LogP contribution in [-0.2, 0) is 0 Å². The Kier molecular flexibility index (Phi) is 2.87. The maximum Gasteiger partial charge on any atom is 0.225 e. The van der Waals surface area contributed by atoms with Crippen molar-refractivity contribution < 1.29 is 0 Å². The second-order valence-corrected chi connectivity index (χ2v) is 4.18. The molecule has 3 nitrogen and oxygen atoms in total. The fraction of sp³-hybridized carbons (Fsp3) is 0.600. The van der Waals surface area contributed by atoms with E-state index in [0.29, 0.717) is 11.1 Å². The number of halogens is 1. The number of hydrogen-bond donors (Lipinski definition) is 0. The van der Waals surface area contributed by atoms with Crippen LogP contribution in [0.4, 0.5) is 5.95 Å². The Balaban J connectivity index is 2.16. The van der Waals surface area contributed by atoms with Crippen LogP contribution in [0, 0.1) is 0 Å². The van der Waals surface area contributed by atoms with Gasteiger partial charge in [-0.05, 0) is 26.2 Å². The van der Waals surface area contributed by atoms with Crippen LogP contribution in [0.5, 0.6) is 0 Å². The Morgan fingerprint density at radius 2 is 2.07 bits per heavy atom. The van der Waals surface area contributed by atoms with Crippen molar-refractivity contribution in [2.24, 2.45) is 0 Å². The van der Waals surface area contributed by atoms with Gasteiger partial charge in [0.2, 0.25) is 5.95 Å². The number of nitrogens with zero attached hydrogens (tertiary/aromatic N) is 3. The van der Waals surface area contributed by atoms with Gasteiger partial charge in [-0.3, -0.25) is 0 Å². The third kappa shape index (κ3) is 1.98. The Morgan fingerprint density at radius 3 is 2.71 bits per heavy atom. The highest BCUT2D eigenvalue weighted by atomic mass is 35.5. The molecular weight excluding hydrogens is 198 g/mol. The van der Waals surface area contributed by atoms with Crippen molar-refractivity contribution in [3.63, 3.8) is 0 Å².